The highest BCUT2D eigenvalue weighted by Gasteiger charge is 2.55. The van der Waals surface area contributed by atoms with Gasteiger partial charge in [0.1, 0.15) is 0 Å². The molecular formula is C26H45NO. The molecule has 0 heterocycles. The van der Waals surface area contributed by atoms with Gasteiger partial charge in [-0.05, 0) is 119 Å². The highest BCUT2D eigenvalue weighted by molar-refractivity contribution is 5.34. The van der Waals surface area contributed by atoms with Crippen molar-refractivity contribution in [3.63, 3.8) is 0 Å². The molecule has 3 saturated carbocycles. The molecular weight excluding hydrogens is 342 g/mol. The van der Waals surface area contributed by atoms with Crippen LogP contribution in [0.3, 0.4) is 0 Å². The molecule has 4 aliphatic carbocycles. The van der Waals surface area contributed by atoms with E-state index in [9.17, 15) is 5.11 Å². The summed E-state index contributed by atoms with van der Waals surface area (Å²) in [6.45, 7) is 11.6. The first kappa shape index (κ1) is 20.9. The van der Waals surface area contributed by atoms with Crippen molar-refractivity contribution < 1.29 is 5.11 Å². The maximum Gasteiger partial charge on any atom is 0.0591 e. The van der Waals surface area contributed by atoms with Gasteiger partial charge in [0.2, 0.25) is 0 Å². The second-order valence-corrected chi connectivity index (χ2v) is 12.3. The first-order valence-electron chi connectivity index (χ1n) is 12.2. The second-order valence-electron chi connectivity index (χ2n) is 12.3. The topological polar surface area (TPSA) is 46.2 Å². The van der Waals surface area contributed by atoms with E-state index in [0.717, 1.165) is 30.6 Å². The Labute approximate surface area is 173 Å². The minimum Gasteiger partial charge on any atom is -0.390 e. The number of hydrogen-bond donors (Lipinski definition) is 2. The fraction of sp³-hybridized carbons (Fsp3) is 0.923. The molecule has 7 atom stereocenters. The van der Waals surface area contributed by atoms with Gasteiger partial charge in [-0.3, -0.25) is 0 Å². The zero-order valence-electron chi connectivity index (χ0n) is 19.2. The molecule has 160 valence electrons. The zero-order valence-corrected chi connectivity index (χ0v) is 19.2. The first-order valence-corrected chi connectivity index (χ1v) is 12.2. The molecule has 0 bridgehead atoms. The Morgan fingerprint density at radius 2 is 1.86 bits per heavy atom. The Morgan fingerprint density at radius 3 is 2.57 bits per heavy atom. The molecule has 0 aromatic rings. The van der Waals surface area contributed by atoms with E-state index in [1.165, 1.54) is 57.8 Å². The van der Waals surface area contributed by atoms with E-state index in [1.54, 1.807) is 0 Å². The lowest BCUT2D eigenvalue weighted by Gasteiger charge is -2.57. The average molecular weight is 388 g/mol. The molecule has 4 aliphatic rings. The summed E-state index contributed by atoms with van der Waals surface area (Å²) < 4.78 is 0. The minimum atomic E-state index is -0.526. The summed E-state index contributed by atoms with van der Waals surface area (Å²) in [5.74, 6) is 3.22. The van der Waals surface area contributed by atoms with E-state index >= 15 is 0 Å². The van der Waals surface area contributed by atoms with Crippen LogP contribution in [-0.2, 0) is 0 Å². The van der Waals surface area contributed by atoms with Gasteiger partial charge in [0, 0.05) is 6.04 Å². The molecule has 28 heavy (non-hydrogen) atoms. The number of allylic oxidation sites excluding steroid dienone is 2. The van der Waals surface area contributed by atoms with Crippen molar-refractivity contribution in [1.29, 1.82) is 0 Å². The Hall–Kier alpha value is -0.340. The Kier molecular flexibility index (Phi) is 5.32. The highest BCUT2D eigenvalue weighted by Crippen LogP contribution is 2.65. The third kappa shape index (κ3) is 3.41. The van der Waals surface area contributed by atoms with Crippen LogP contribution in [0, 0.1) is 34.5 Å². The fourth-order valence-electron chi connectivity index (χ4n) is 8.26. The molecule has 0 aliphatic heterocycles. The summed E-state index contributed by atoms with van der Waals surface area (Å²) in [4.78, 5) is 0. The van der Waals surface area contributed by atoms with Crippen molar-refractivity contribution in [2.45, 2.75) is 117 Å². The maximum absolute atomic E-state index is 10.2. The van der Waals surface area contributed by atoms with Gasteiger partial charge >= 0.3 is 0 Å². The van der Waals surface area contributed by atoms with E-state index in [-0.39, 0.29) is 0 Å². The third-order valence-electron chi connectivity index (χ3n) is 10.0. The normalized spacial score (nSPS) is 44.7. The van der Waals surface area contributed by atoms with Crippen molar-refractivity contribution >= 4 is 0 Å². The van der Waals surface area contributed by atoms with Gasteiger partial charge < -0.3 is 10.8 Å². The molecule has 0 amide bonds. The van der Waals surface area contributed by atoms with Crippen LogP contribution < -0.4 is 5.73 Å². The lowest BCUT2D eigenvalue weighted by molar-refractivity contribution is 0.00231. The zero-order chi connectivity index (χ0) is 20.3. The van der Waals surface area contributed by atoms with Crippen molar-refractivity contribution in [2.24, 2.45) is 40.2 Å². The van der Waals surface area contributed by atoms with Crippen molar-refractivity contribution in [1.82, 2.24) is 0 Å². The Morgan fingerprint density at radius 1 is 1.11 bits per heavy atom. The summed E-state index contributed by atoms with van der Waals surface area (Å²) >= 11 is 0. The smallest absolute Gasteiger partial charge is 0.0591 e. The van der Waals surface area contributed by atoms with Crippen molar-refractivity contribution in [3.05, 3.63) is 11.1 Å². The fourth-order valence-corrected chi connectivity index (χ4v) is 8.26. The SMILES string of the molecule is C[C@H](CCC(C)(C)O)[C@H]1CCC2=C3CC[C@@H]4C[C@@H](N)CC[C@]4(C)[C@H]3CC[C@@]21C. The van der Waals surface area contributed by atoms with Gasteiger partial charge in [0.05, 0.1) is 5.60 Å². The molecule has 0 radical (unpaired) electrons. The van der Waals surface area contributed by atoms with Gasteiger partial charge in [-0.2, -0.15) is 0 Å². The molecule has 3 fully saturated rings. The van der Waals surface area contributed by atoms with Gasteiger partial charge in [0.25, 0.3) is 0 Å². The third-order valence-corrected chi connectivity index (χ3v) is 10.0. The predicted octanol–water partition coefficient (Wildman–Crippen LogP) is 6.22. The van der Waals surface area contributed by atoms with Crippen molar-refractivity contribution in [2.75, 3.05) is 0 Å². The number of nitrogens with two attached hydrogens (primary N) is 1. The second kappa shape index (κ2) is 7.12. The number of fused-ring (bicyclic) bond motifs is 4. The molecule has 0 spiro atoms. The van der Waals surface area contributed by atoms with Gasteiger partial charge in [0.15, 0.2) is 0 Å². The number of aliphatic hydroxyl groups is 1. The lowest BCUT2D eigenvalue weighted by Crippen LogP contribution is -2.49. The Balaban J connectivity index is 1.57. The van der Waals surface area contributed by atoms with E-state index < -0.39 is 5.60 Å². The molecule has 3 N–H and O–H groups in total. The summed E-state index contributed by atoms with van der Waals surface area (Å²) in [6.07, 6.45) is 14.2. The van der Waals surface area contributed by atoms with E-state index in [2.05, 4.69) is 20.8 Å². The van der Waals surface area contributed by atoms with Crippen LogP contribution in [0.25, 0.3) is 0 Å². The molecule has 0 aromatic heterocycles. The maximum atomic E-state index is 10.2. The van der Waals surface area contributed by atoms with Gasteiger partial charge in [-0.1, -0.05) is 31.9 Å². The van der Waals surface area contributed by atoms with Crippen molar-refractivity contribution in [3.8, 4) is 0 Å². The Bertz CT molecular complexity index is 631. The molecule has 0 aromatic carbocycles. The monoisotopic (exact) mass is 387 g/mol. The van der Waals surface area contributed by atoms with Crippen LogP contribution >= 0.6 is 0 Å². The minimum absolute atomic E-state index is 0.430. The van der Waals surface area contributed by atoms with Crippen LogP contribution in [0.4, 0.5) is 0 Å². The van der Waals surface area contributed by atoms with E-state index in [4.69, 9.17) is 5.73 Å². The molecule has 4 rings (SSSR count). The van der Waals surface area contributed by atoms with Crippen LogP contribution in [-0.4, -0.2) is 16.7 Å². The summed E-state index contributed by atoms with van der Waals surface area (Å²) in [7, 11) is 0. The highest BCUT2D eigenvalue weighted by atomic mass is 16.3. The molecule has 2 heteroatoms. The van der Waals surface area contributed by atoms with Crippen LogP contribution in [0.15, 0.2) is 11.1 Å². The van der Waals surface area contributed by atoms with E-state index in [0.29, 0.717) is 22.8 Å². The summed E-state index contributed by atoms with van der Waals surface area (Å²) in [5, 5.41) is 10.2. The first-order chi connectivity index (χ1) is 13.0. The summed E-state index contributed by atoms with van der Waals surface area (Å²) in [6, 6.07) is 0.452. The molecule has 2 nitrogen and oxygen atoms in total. The van der Waals surface area contributed by atoms with Gasteiger partial charge in [-0.15, -0.1) is 0 Å². The molecule has 0 unspecified atom stereocenters. The van der Waals surface area contributed by atoms with Crippen LogP contribution in [0.5, 0.6) is 0 Å². The largest absolute Gasteiger partial charge is 0.390 e. The predicted molar refractivity (Wildman–Crippen MR) is 118 cm³/mol. The lowest BCUT2D eigenvalue weighted by atomic mass is 9.48. The van der Waals surface area contributed by atoms with Crippen LogP contribution in [0.2, 0.25) is 0 Å². The molecule has 0 saturated heterocycles. The van der Waals surface area contributed by atoms with E-state index in [1.807, 2.05) is 25.0 Å². The van der Waals surface area contributed by atoms with Crippen LogP contribution in [0.1, 0.15) is 105 Å². The number of hydrogen-bond acceptors (Lipinski definition) is 2. The standard InChI is InChI=1S/C26H45NO/c1-17(10-13-24(2,3)28)21-8-9-22-20-7-6-18-16-19(27)11-14-25(18,4)23(20)12-15-26(21,22)5/h17-19,21,23,28H,6-16,27H2,1-5H3/t17-,18-,19+,21-,23+,25+,26-/m1/s1. The summed E-state index contributed by atoms with van der Waals surface area (Å²) in [5.41, 5.74) is 10.6. The number of rotatable bonds is 4. The van der Waals surface area contributed by atoms with Gasteiger partial charge in [-0.25, -0.2) is 0 Å². The quantitative estimate of drug-likeness (QED) is 0.562. The average Bonchev–Trinajstić information content (AvgIpc) is 2.97.